The van der Waals surface area contributed by atoms with Crippen molar-refractivity contribution in [1.82, 2.24) is 5.32 Å². The van der Waals surface area contributed by atoms with Crippen molar-refractivity contribution in [1.29, 1.82) is 0 Å². The summed E-state index contributed by atoms with van der Waals surface area (Å²) in [4.78, 5) is 0. The maximum atomic E-state index is 6.04. The first-order valence-corrected chi connectivity index (χ1v) is 7.70. The molecule has 0 aliphatic carbocycles. The van der Waals surface area contributed by atoms with Crippen LogP contribution in [0.4, 0.5) is 0 Å². The third-order valence-corrected chi connectivity index (χ3v) is 4.43. The monoisotopic (exact) mass is 281 g/mol. The quantitative estimate of drug-likeness (QED) is 0.908. The molecule has 2 heteroatoms. The number of nitrogens with one attached hydrogen (secondary N) is 1. The summed E-state index contributed by atoms with van der Waals surface area (Å²) in [6, 6.07) is 16.9. The van der Waals surface area contributed by atoms with Gasteiger partial charge in [-0.05, 0) is 56.0 Å². The van der Waals surface area contributed by atoms with Crippen LogP contribution in [-0.2, 0) is 12.1 Å². The number of rotatable bonds is 4. The van der Waals surface area contributed by atoms with Crippen LogP contribution in [0.2, 0.25) is 0 Å². The van der Waals surface area contributed by atoms with Gasteiger partial charge in [0.2, 0.25) is 0 Å². The Balaban J connectivity index is 1.78. The molecule has 2 aromatic rings. The lowest BCUT2D eigenvalue weighted by atomic mass is 9.90. The van der Waals surface area contributed by atoms with E-state index in [2.05, 4.69) is 49.5 Å². The van der Waals surface area contributed by atoms with E-state index in [4.69, 9.17) is 4.74 Å². The van der Waals surface area contributed by atoms with Gasteiger partial charge in [0, 0.05) is 5.54 Å². The van der Waals surface area contributed by atoms with Crippen LogP contribution in [0.25, 0.3) is 0 Å². The van der Waals surface area contributed by atoms with Crippen LogP contribution in [0.5, 0.6) is 5.75 Å². The van der Waals surface area contributed by atoms with Gasteiger partial charge in [0.25, 0.3) is 0 Å². The highest BCUT2D eigenvalue weighted by molar-refractivity contribution is 5.40. The largest absolute Gasteiger partial charge is 0.489 e. The van der Waals surface area contributed by atoms with Gasteiger partial charge in [-0.3, -0.25) is 0 Å². The lowest BCUT2D eigenvalue weighted by molar-refractivity contribution is 0.302. The van der Waals surface area contributed by atoms with Crippen molar-refractivity contribution in [2.45, 2.75) is 38.8 Å². The van der Waals surface area contributed by atoms with E-state index in [0.29, 0.717) is 6.61 Å². The average Bonchev–Trinajstić information content (AvgIpc) is 2.95. The van der Waals surface area contributed by atoms with Gasteiger partial charge in [0.15, 0.2) is 0 Å². The third-order valence-electron chi connectivity index (χ3n) is 4.43. The van der Waals surface area contributed by atoms with Gasteiger partial charge >= 0.3 is 0 Å². The van der Waals surface area contributed by atoms with Gasteiger partial charge < -0.3 is 10.1 Å². The van der Waals surface area contributed by atoms with E-state index in [1.807, 2.05) is 18.2 Å². The Kier molecular flexibility index (Phi) is 3.98. The van der Waals surface area contributed by atoms with E-state index in [1.54, 1.807) is 0 Å². The van der Waals surface area contributed by atoms with Crippen LogP contribution in [0, 0.1) is 6.92 Å². The number of hydrogen-bond acceptors (Lipinski definition) is 2. The second-order valence-electron chi connectivity index (χ2n) is 6.12. The molecule has 0 radical (unpaired) electrons. The first kappa shape index (κ1) is 14.2. The molecular formula is C19H23NO. The second-order valence-corrected chi connectivity index (χ2v) is 6.12. The number of ether oxygens (including phenoxy) is 1. The van der Waals surface area contributed by atoms with E-state index in [0.717, 1.165) is 12.3 Å². The summed E-state index contributed by atoms with van der Waals surface area (Å²) < 4.78 is 6.04. The van der Waals surface area contributed by atoms with E-state index in [1.165, 1.54) is 29.5 Å². The van der Waals surface area contributed by atoms with Crippen molar-refractivity contribution < 1.29 is 4.74 Å². The molecule has 1 N–H and O–H groups in total. The molecule has 1 atom stereocenters. The standard InChI is InChI=1S/C19H23NO/c1-15-9-10-17(19(2)11-6-12-20-19)13-18(15)21-14-16-7-4-3-5-8-16/h3-5,7-10,13,20H,6,11-12,14H2,1-2H3. The van der Waals surface area contributed by atoms with Crippen molar-refractivity contribution in [3.05, 3.63) is 65.2 Å². The highest BCUT2D eigenvalue weighted by atomic mass is 16.5. The topological polar surface area (TPSA) is 21.3 Å². The van der Waals surface area contributed by atoms with Crippen LogP contribution < -0.4 is 10.1 Å². The van der Waals surface area contributed by atoms with E-state index < -0.39 is 0 Å². The molecule has 2 aromatic carbocycles. The Hall–Kier alpha value is -1.80. The molecular weight excluding hydrogens is 258 g/mol. The Morgan fingerprint density at radius 1 is 1.14 bits per heavy atom. The summed E-state index contributed by atoms with van der Waals surface area (Å²) >= 11 is 0. The van der Waals surface area contributed by atoms with Gasteiger partial charge in [0.1, 0.15) is 12.4 Å². The zero-order valence-electron chi connectivity index (χ0n) is 12.9. The van der Waals surface area contributed by atoms with Crippen LogP contribution in [0.3, 0.4) is 0 Å². The summed E-state index contributed by atoms with van der Waals surface area (Å²) in [5.41, 5.74) is 3.82. The van der Waals surface area contributed by atoms with Gasteiger partial charge in [-0.1, -0.05) is 42.5 Å². The predicted molar refractivity (Wildman–Crippen MR) is 86.5 cm³/mol. The van der Waals surface area contributed by atoms with Crippen molar-refractivity contribution in [2.75, 3.05) is 6.54 Å². The minimum absolute atomic E-state index is 0.0958. The molecule has 0 aromatic heterocycles. The summed E-state index contributed by atoms with van der Waals surface area (Å²) in [6.07, 6.45) is 2.43. The van der Waals surface area contributed by atoms with E-state index in [-0.39, 0.29) is 5.54 Å². The molecule has 0 amide bonds. The van der Waals surface area contributed by atoms with E-state index >= 15 is 0 Å². The van der Waals surface area contributed by atoms with Crippen molar-refractivity contribution >= 4 is 0 Å². The van der Waals surface area contributed by atoms with Crippen LogP contribution >= 0.6 is 0 Å². The normalized spacial score (nSPS) is 21.4. The Morgan fingerprint density at radius 2 is 1.95 bits per heavy atom. The fourth-order valence-corrected chi connectivity index (χ4v) is 2.98. The third kappa shape index (κ3) is 3.11. The molecule has 1 heterocycles. The number of aryl methyl sites for hydroxylation is 1. The molecule has 1 saturated heterocycles. The Morgan fingerprint density at radius 3 is 2.67 bits per heavy atom. The summed E-state index contributed by atoms with van der Waals surface area (Å²) in [5, 5.41) is 3.61. The number of hydrogen-bond donors (Lipinski definition) is 1. The molecule has 0 spiro atoms. The average molecular weight is 281 g/mol. The zero-order valence-corrected chi connectivity index (χ0v) is 12.9. The number of benzene rings is 2. The molecule has 1 unspecified atom stereocenters. The minimum Gasteiger partial charge on any atom is -0.489 e. The molecule has 2 nitrogen and oxygen atoms in total. The second kappa shape index (κ2) is 5.90. The fraction of sp³-hybridized carbons (Fsp3) is 0.368. The van der Waals surface area contributed by atoms with Crippen molar-refractivity contribution in [3.8, 4) is 5.75 Å². The summed E-state index contributed by atoms with van der Waals surface area (Å²) in [6.45, 7) is 6.11. The molecule has 110 valence electrons. The maximum absolute atomic E-state index is 6.04. The molecule has 1 fully saturated rings. The van der Waals surface area contributed by atoms with Crippen LogP contribution in [0.1, 0.15) is 36.5 Å². The first-order valence-electron chi connectivity index (χ1n) is 7.70. The lowest BCUT2D eigenvalue weighted by Gasteiger charge is -2.26. The van der Waals surface area contributed by atoms with Crippen LogP contribution in [0.15, 0.2) is 48.5 Å². The predicted octanol–water partition coefficient (Wildman–Crippen LogP) is 4.17. The van der Waals surface area contributed by atoms with Gasteiger partial charge in [0.05, 0.1) is 0 Å². The molecule has 21 heavy (non-hydrogen) atoms. The smallest absolute Gasteiger partial charge is 0.123 e. The zero-order chi connectivity index (χ0) is 14.7. The lowest BCUT2D eigenvalue weighted by Crippen LogP contribution is -2.33. The van der Waals surface area contributed by atoms with Crippen molar-refractivity contribution in [2.24, 2.45) is 0 Å². The van der Waals surface area contributed by atoms with Crippen molar-refractivity contribution in [3.63, 3.8) is 0 Å². The highest BCUT2D eigenvalue weighted by Crippen LogP contribution is 2.33. The summed E-state index contributed by atoms with van der Waals surface area (Å²) in [5.74, 6) is 0.992. The Labute approximate surface area is 127 Å². The fourth-order valence-electron chi connectivity index (χ4n) is 2.98. The van der Waals surface area contributed by atoms with Gasteiger partial charge in [-0.2, -0.15) is 0 Å². The molecule has 1 aliphatic rings. The molecule has 0 bridgehead atoms. The van der Waals surface area contributed by atoms with E-state index in [9.17, 15) is 0 Å². The van der Waals surface area contributed by atoms with Crippen LogP contribution in [-0.4, -0.2) is 6.54 Å². The van der Waals surface area contributed by atoms with Gasteiger partial charge in [-0.15, -0.1) is 0 Å². The SMILES string of the molecule is Cc1ccc(C2(C)CCCN2)cc1OCc1ccccc1. The molecule has 3 rings (SSSR count). The molecule has 0 saturated carbocycles. The Bertz CT molecular complexity index is 600. The highest BCUT2D eigenvalue weighted by Gasteiger charge is 2.30. The van der Waals surface area contributed by atoms with Gasteiger partial charge in [-0.25, -0.2) is 0 Å². The first-order chi connectivity index (χ1) is 10.2. The maximum Gasteiger partial charge on any atom is 0.123 e. The summed E-state index contributed by atoms with van der Waals surface area (Å²) in [7, 11) is 0. The molecule has 1 aliphatic heterocycles. The minimum atomic E-state index is 0.0958.